The zero-order valence-corrected chi connectivity index (χ0v) is 11.3. The van der Waals surface area contributed by atoms with Crippen molar-refractivity contribution in [3.8, 4) is 5.75 Å². The van der Waals surface area contributed by atoms with E-state index in [1.165, 1.54) is 0 Å². The molecule has 1 rings (SSSR count). The second kappa shape index (κ2) is 7.84. The number of rotatable bonds is 8. The van der Waals surface area contributed by atoms with Crippen molar-refractivity contribution >= 4 is 11.4 Å². The summed E-state index contributed by atoms with van der Waals surface area (Å²) in [4.78, 5) is 0. The van der Waals surface area contributed by atoms with Gasteiger partial charge in [-0.1, -0.05) is 6.92 Å². The van der Waals surface area contributed by atoms with Crippen molar-refractivity contribution in [2.24, 2.45) is 0 Å². The summed E-state index contributed by atoms with van der Waals surface area (Å²) in [7, 11) is 0. The lowest BCUT2D eigenvalue weighted by Crippen LogP contribution is -2.20. The number of nitrogens with two attached hydrogens (primary N) is 1. The van der Waals surface area contributed by atoms with E-state index >= 15 is 0 Å². The summed E-state index contributed by atoms with van der Waals surface area (Å²) in [5.41, 5.74) is 7.00. The topological polar surface area (TPSA) is 56.5 Å². The van der Waals surface area contributed by atoms with Gasteiger partial charge in [-0.05, 0) is 18.6 Å². The molecule has 0 aliphatic rings. The Morgan fingerprint density at radius 3 is 2.65 bits per heavy atom. The van der Waals surface area contributed by atoms with Crippen LogP contribution in [0, 0.1) is 0 Å². The van der Waals surface area contributed by atoms with Gasteiger partial charge in [0.2, 0.25) is 0 Å². The molecule has 1 aromatic rings. The molecular formula is C13H19F3N2O2. The van der Waals surface area contributed by atoms with Crippen molar-refractivity contribution in [3.05, 3.63) is 18.2 Å². The molecule has 3 N–H and O–H groups in total. The zero-order chi connectivity index (χ0) is 15.0. The first-order valence-electron chi connectivity index (χ1n) is 6.33. The van der Waals surface area contributed by atoms with Crippen LogP contribution in [0.1, 0.15) is 13.3 Å². The highest BCUT2D eigenvalue weighted by molar-refractivity contribution is 5.61. The van der Waals surface area contributed by atoms with Gasteiger partial charge in [0.1, 0.15) is 12.4 Å². The number of benzene rings is 1. The standard InChI is InChI=1S/C13H19F3N2O2/c1-2-6-20-12-8-10(3-4-11(12)17)18-5-7-19-9-13(14,15)16/h3-4,8,18H,2,5-7,9,17H2,1H3. The Morgan fingerprint density at radius 2 is 2.00 bits per heavy atom. The molecule has 0 radical (unpaired) electrons. The second-order valence-electron chi connectivity index (χ2n) is 4.20. The number of anilines is 2. The normalized spacial score (nSPS) is 11.4. The average molecular weight is 292 g/mol. The highest BCUT2D eigenvalue weighted by Crippen LogP contribution is 2.25. The molecule has 0 saturated heterocycles. The van der Waals surface area contributed by atoms with Gasteiger partial charge < -0.3 is 20.5 Å². The Kier molecular flexibility index (Phi) is 6.44. The Hall–Kier alpha value is -1.63. The Bertz CT molecular complexity index is 411. The number of nitrogen functional groups attached to an aromatic ring is 1. The molecule has 0 spiro atoms. The van der Waals surface area contributed by atoms with Crippen LogP contribution in [0.2, 0.25) is 0 Å². The lowest BCUT2D eigenvalue weighted by molar-refractivity contribution is -0.172. The molecule has 0 unspecified atom stereocenters. The number of ether oxygens (including phenoxy) is 2. The summed E-state index contributed by atoms with van der Waals surface area (Å²) in [5.74, 6) is 0.563. The second-order valence-corrected chi connectivity index (χ2v) is 4.20. The van der Waals surface area contributed by atoms with Crippen molar-refractivity contribution < 1.29 is 22.6 Å². The van der Waals surface area contributed by atoms with E-state index in [2.05, 4.69) is 10.1 Å². The molecule has 0 fully saturated rings. The summed E-state index contributed by atoms with van der Waals surface area (Å²) in [5, 5.41) is 2.95. The summed E-state index contributed by atoms with van der Waals surface area (Å²) in [6.45, 7) is 1.54. The van der Waals surface area contributed by atoms with Crippen molar-refractivity contribution in [3.63, 3.8) is 0 Å². The van der Waals surface area contributed by atoms with E-state index in [9.17, 15) is 13.2 Å². The van der Waals surface area contributed by atoms with Crippen LogP contribution in [0.25, 0.3) is 0 Å². The number of alkyl halides is 3. The van der Waals surface area contributed by atoms with Gasteiger partial charge in [-0.3, -0.25) is 0 Å². The first-order valence-corrected chi connectivity index (χ1v) is 6.33. The Labute approximate surface area is 116 Å². The SMILES string of the molecule is CCCOc1cc(NCCOCC(F)(F)F)ccc1N. The Balaban J connectivity index is 2.36. The summed E-state index contributed by atoms with van der Waals surface area (Å²) in [6, 6.07) is 5.14. The number of halogens is 3. The number of hydrogen-bond acceptors (Lipinski definition) is 4. The maximum Gasteiger partial charge on any atom is 0.411 e. The van der Waals surface area contributed by atoms with Crippen molar-refractivity contribution in [1.82, 2.24) is 0 Å². The third-order valence-corrected chi connectivity index (χ3v) is 2.32. The fourth-order valence-electron chi connectivity index (χ4n) is 1.44. The van der Waals surface area contributed by atoms with E-state index in [1.807, 2.05) is 6.92 Å². The zero-order valence-electron chi connectivity index (χ0n) is 11.3. The largest absolute Gasteiger partial charge is 0.491 e. The molecule has 0 amide bonds. The van der Waals surface area contributed by atoms with Gasteiger partial charge >= 0.3 is 6.18 Å². The van der Waals surface area contributed by atoms with Crippen LogP contribution >= 0.6 is 0 Å². The highest BCUT2D eigenvalue weighted by atomic mass is 19.4. The van der Waals surface area contributed by atoms with Crippen LogP contribution in [0.15, 0.2) is 18.2 Å². The van der Waals surface area contributed by atoms with Gasteiger partial charge in [0.25, 0.3) is 0 Å². The summed E-state index contributed by atoms with van der Waals surface area (Å²) in [6.07, 6.45) is -3.43. The maximum atomic E-state index is 11.8. The van der Waals surface area contributed by atoms with E-state index in [1.54, 1.807) is 18.2 Å². The molecule has 0 atom stereocenters. The first-order chi connectivity index (χ1) is 9.42. The third-order valence-electron chi connectivity index (χ3n) is 2.32. The molecule has 1 aromatic carbocycles. The fraction of sp³-hybridized carbons (Fsp3) is 0.538. The number of nitrogens with one attached hydrogen (secondary N) is 1. The Morgan fingerprint density at radius 1 is 1.25 bits per heavy atom. The molecule has 0 aromatic heterocycles. The van der Waals surface area contributed by atoms with Gasteiger partial charge in [-0.2, -0.15) is 13.2 Å². The highest BCUT2D eigenvalue weighted by Gasteiger charge is 2.27. The van der Waals surface area contributed by atoms with E-state index < -0.39 is 12.8 Å². The molecule has 0 aliphatic carbocycles. The lowest BCUT2D eigenvalue weighted by atomic mass is 10.2. The quantitative estimate of drug-likeness (QED) is 0.571. The minimum Gasteiger partial charge on any atom is -0.491 e. The predicted molar refractivity (Wildman–Crippen MR) is 72.0 cm³/mol. The average Bonchev–Trinajstić information content (AvgIpc) is 2.37. The van der Waals surface area contributed by atoms with Gasteiger partial charge in [0, 0.05) is 18.3 Å². The lowest BCUT2D eigenvalue weighted by Gasteiger charge is -2.12. The van der Waals surface area contributed by atoms with Crippen LogP contribution in [0.5, 0.6) is 5.75 Å². The van der Waals surface area contributed by atoms with Crippen LogP contribution in [0.3, 0.4) is 0 Å². The van der Waals surface area contributed by atoms with Crippen LogP contribution in [-0.4, -0.2) is 32.5 Å². The summed E-state index contributed by atoms with van der Waals surface area (Å²) < 4.78 is 45.5. The minimum absolute atomic E-state index is 0.0327. The van der Waals surface area contributed by atoms with E-state index in [4.69, 9.17) is 10.5 Å². The molecule has 0 bridgehead atoms. The number of hydrogen-bond donors (Lipinski definition) is 2. The van der Waals surface area contributed by atoms with E-state index in [-0.39, 0.29) is 13.2 Å². The molecule has 20 heavy (non-hydrogen) atoms. The molecule has 0 heterocycles. The molecule has 0 aliphatic heterocycles. The molecule has 4 nitrogen and oxygen atoms in total. The molecule has 114 valence electrons. The van der Waals surface area contributed by atoms with Crippen LogP contribution in [0.4, 0.5) is 24.5 Å². The van der Waals surface area contributed by atoms with Gasteiger partial charge in [-0.15, -0.1) is 0 Å². The van der Waals surface area contributed by atoms with Crippen LogP contribution < -0.4 is 15.8 Å². The predicted octanol–water partition coefficient (Wildman–Crippen LogP) is 3.05. The fourth-order valence-corrected chi connectivity index (χ4v) is 1.44. The smallest absolute Gasteiger partial charge is 0.411 e. The monoisotopic (exact) mass is 292 g/mol. The van der Waals surface area contributed by atoms with Gasteiger partial charge in [-0.25, -0.2) is 0 Å². The molecule has 7 heteroatoms. The molecular weight excluding hydrogens is 273 g/mol. The third kappa shape index (κ3) is 6.51. The first kappa shape index (κ1) is 16.4. The van der Waals surface area contributed by atoms with E-state index in [0.29, 0.717) is 18.0 Å². The van der Waals surface area contributed by atoms with Crippen molar-refractivity contribution in [2.75, 3.05) is 37.4 Å². The van der Waals surface area contributed by atoms with Crippen molar-refractivity contribution in [1.29, 1.82) is 0 Å². The maximum absolute atomic E-state index is 11.8. The minimum atomic E-state index is -4.29. The molecule has 0 saturated carbocycles. The van der Waals surface area contributed by atoms with Gasteiger partial charge in [0.05, 0.1) is 18.9 Å². The van der Waals surface area contributed by atoms with Gasteiger partial charge in [0.15, 0.2) is 0 Å². The summed E-state index contributed by atoms with van der Waals surface area (Å²) >= 11 is 0. The van der Waals surface area contributed by atoms with E-state index in [0.717, 1.165) is 12.1 Å². The van der Waals surface area contributed by atoms with Crippen molar-refractivity contribution in [2.45, 2.75) is 19.5 Å². The van der Waals surface area contributed by atoms with Crippen LogP contribution in [-0.2, 0) is 4.74 Å².